The van der Waals surface area contributed by atoms with E-state index in [1.54, 1.807) is 12.1 Å². The molecule has 0 amide bonds. The lowest BCUT2D eigenvalue weighted by Gasteiger charge is -2.56. The summed E-state index contributed by atoms with van der Waals surface area (Å²) in [7, 11) is -16.7. The van der Waals surface area contributed by atoms with Crippen molar-refractivity contribution in [2.45, 2.75) is 393 Å². The number of fused-ring (bicyclic) bond motifs is 1. The van der Waals surface area contributed by atoms with Crippen molar-refractivity contribution in [2.75, 3.05) is 19.8 Å². The van der Waals surface area contributed by atoms with Crippen molar-refractivity contribution in [1.29, 1.82) is 0 Å². The van der Waals surface area contributed by atoms with Crippen LogP contribution in [0.25, 0.3) is 0 Å². The molecule has 0 aliphatic carbocycles. The van der Waals surface area contributed by atoms with Crippen LogP contribution in [0.2, 0.25) is 90.7 Å². The number of sulfone groups is 1. The standard InChI is InChI=1S/C78H139IO15SSi5/c1-29-54-31-37-60(38-32-54)95(81,82)73(62(80)49-57-35-40-64-69(89-57)71(93-99(25,26)77(13,14)15)72(94-100(27,28)78(16,17)18)70(90-64)65(42-43-79)92-98(23,24)76(10,11)12)61-48-58(47-59(91-97(21,22)75(7,8)9)51-85-96(19,20)74(4,5)6)88-67(61)50-66-52(2)30-33-55(86-66)34-39-63-53(3)46-56(87-63)36-41-68-83-44-45-84-68/h31-32,37-38,42-43,55-59,61,63-73H,2-3,29-30,33-36,39-41,44-51H2,1,4-28H3/b43-42+/t55-,56+,57-,58-,59+,61-,63+,64+,65?,66-,67+,69?,70?,71?,72?,73?/m1/s1. The van der Waals surface area contributed by atoms with Crippen LogP contribution in [0.15, 0.2) is 63.6 Å². The summed E-state index contributed by atoms with van der Waals surface area (Å²) < 4.78 is 120. The number of hydrogen-bond acceptors (Lipinski definition) is 15. The third-order valence-electron chi connectivity index (χ3n) is 25.3. The molecule has 0 spiro atoms. The second-order valence-corrected chi connectivity index (χ2v) is 64.7. The molecule has 1 aromatic carbocycles. The SMILES string of the molecule is C=C1C[C@H](CCC2OCCO2)O[C@H]1CC[C@H]1CCC(=C)[C@@H](C[C@@H]2O[C@H](C[C@@H](CO[Si](C)(C)C(C)(C)C)O[Si](C)(C)C(C)(C)C)C[C@H]2C(C(=O)C[C@H]2CC[C@@H]3OC(C(/C=C/I)O[Si](C)(C)C(C)(C)C)C(O[Si](C)(C)C(C)(C)C)C(O[Si](C)(C)C(C)(C)C)C3O2)S(=O)(=O)c2ccc(CC)cc2)O1. The quantitative estimate of drug-likeness (QED) is 0.0406. The van der Waals surface area contributed by atoms with Gasteiger partial charge in [-0.15, -0.1) is 0 Å². The number of ether oxygens (including phenoxy) is 7. The molecule has 7 rings (SSSR count). The smallest absolute Gasteiger partial charge is 0.193 e. The van der Waals surface area contributed by atoms with Gasteiger partial charge in [0.15, 0.2) is 63.5 Å². The summed E-state index contributed by atoms with van der Waals surface area (Å²) in [5.74, 6) is -1.17. The van der Waals surface area contributed by atoms with Crippen LogP contribution >= 0.6 is 22.6 Å². The maximum absolute atomic E-state index is 16.5. The first kappa shape index (κ1) is 86.6. The zero-order valence-corrected chi connectivity index (χ0v) is 75.1. The van der Waals surface area contributed by atoms with E-state index in [0.29, 0.717) is 51.9 Å². The van der Waals surface area contributed by atoms with E-state index in [4.69, 9.17) is 55.3 Å². The van der Waals surface area contributed by atoms with Crippen LogP contribution in [0.1, 0.15) is 200 Å². The molecule has 6 unspecified atom stereocenters. The second kappa shape index (κ2) is 33.7. The number of carbonyl (C=O) groups excluding carboxylic acids is 1. The Morgan fingerprint density at radius 2 is 1.17 bits per heavy atom. The Hall–Kier alpha value is -0.606. The van der Waals surface area contributed by atoms with Crippen molar-refractivity contribution in [2.24, 2.45) is 5.92 Å². The maximum atomic E-state index is 16.5. The highest BCUT2D eigenvalue weighted by atomic mass is 127. The lowest BCUT2D eigenvalue weighted by Crippen LogP contribution is -2.69. The van der Waals surface area contributed by atoms with E-state index in [-0.39, 0.29) is 67.2 Å². The third-order valence-corrected chi connectivity index (χ3v) is 50.4. The third kappa shape index (κ3) is 21.7. The van der Waals surface area contributed by atoms with E-state index in [1.807, 2.05) is 16.2 Å². The lowest BCUT2D eigenvalue weighted by atomic mass is 9.84. The largest absolute Gasteiger partial charge is 0.414 e. The first-order valence-corrected chi connectivity index (χ1v) is 55.5. The molecule has 0 bridgehead atoms. The Kier molecular flexibility index (Phi) is 29.2. The van der Waals surface area contributed by atoms with Crippen molar-refractivity contribution in [1.82, 2.24) is 0 Å². The first-order chi connectivity index (χ1) is 45.8. The van der Waals surface area contributed by atoms with Gasteiger partial charge in [0.2, 0.25) is 0 Å². The summed E-state index contributed by atoms with van der Waals surface area (Å²) in [5.41, 5.74) is 3.05. The van der Waals surface area contributed by atoms with Gasteiger partial charge in [-0.25, -0.2) is 8.42 Å². The van der Waals surface area contributed by atoms with Gasteiger partial charge in [0.1, 0.15) is 29.7 Å². The van der Waals surface area contributed by atoms with Crippen LogP contribution < -0.4 is 0 Å². The highest BCUT2D eigenvalue weighted by Crippen LogP contribution is 2.50. The van der Waals surface area contributed by atoms with Crippen LogP contribution in [-0.4, -0.2) is 173 Å². The summed E-state index contributed by atoms with van der Waals surface area (Å²) >= 11 is 2.30. The van der Waals surface area contributed by atoms with E-state index < -0.39 is 129 Å². The summed E-state index contributed by atoms with van der Waals surface area (Å²) in [4.78, 5) is 16.6. The average molecular weight is 1620 g/mol. The van der Waals surface area contributed by atoms with E-state index in [1.165, 1.54) is 0 Å². The summed E-state index contributed by atoms with van der Waals surface area (Å²) in [5, 5.41) is -2.10. The van der Waals surface area contributed by atoms with Gasteiger partial charge in [-0.05, 0) is 194 Å². The fourth-order valence-electron chi connectivity index (χ4n) is 13.7. The molecule has 16 atom stereocenters. The number of carbonyl (C=O) groups is 1. The molecule has 100 heavy (non-hydrogen) atoms. The van der Waals surface area contributed by atoms with Crippen molar-refractivity contribution in [3.8, 4) is 0 Å². The molecule has 15 nitrogen and oxygen atoms in total. The van der Waals surface area contributed by atoms with Gasteiger partial charge in [-0.2, -0.15) is 0 Å². The van der Waals surface area contributed by atoms with Gasteiger partial charge in [0.05, 0.1) is 85.8 Å². The Morgan fingerprint density at radius 3 is 1.73 bits per heavy atom. The normalized spacial score (nSPS) is 29.6. The van der Waals surface area contributed by atoms with Gasteiger partial charge in [0.25, 0.3) is 0 Å². The molecule has 0 N–H and O–H groups in total. The number of halogens is 1. The van der Waals surface area contributed by atoms with E-state index >= 15 is 13.2 Å². The van der Waals surface area contributed by atoms with Crippen LogP contribution in [0.4, 0.5) is 0 Å². The minimum Gasteiger partial charge on any atom is -0.414 e. The van der Waals surface area contributed by atoms with Crippen molar-refractivity contribution >= 4 is 79.8 Å². The number of hydrogen-bond donors (Lipinski definition) is 0. The topological polar surface area (TPSA) is 162 Å². The van der Waals surface area contributed by atoms with E-state index in [9.17, 15) is 0 Å². The molecule has 22 heteroatoms. The van der Waals surface area contributed by atoms with Crippen LogP contribution in [-0.2, 0) is 76.3 Å². The molecule has 0 radical (unpaired) electrons. The lowest BCUT2D eigenvalue weighted by molar-refractivity contribution is -0.266. The summed E-state index contributed by atoms with van der Waals surface area (Å²) in [6.07, 6.45) is 4.12. The highest BCUT2D eigenvalue weighted by molar-refractivity contribution is 14.1. The van der Waals surface area contributed by atoms with Crippen molar-refractivity contribution < 1.29 is 68.5 Å². The molecule has 0 aromatic heterocycles. The zero-order chi connectivity index (χ0) is 75.0. The Bertz CT molecular complexity index is 3010. The van der Waals surface area contributed by atoms with Gasteiger partial charge < -0.3 is 55.3 Å². The molecule has 6 aliphatic heterocycles. The average Bonchev–Trinajstić information content (AvgIpc) is 0.880. The summed E-state index contributed by atoms with van der Waals surface area (Å²) in [6.45, 7) is 69.4. The fraction of sp³-hybridized carbons (Fsp3) is 0.833. The van der Waals surface area contributed by atoms with Crippen LogP contribution in [0.3, 0.4) is 0 Å². The van der Waals surface area contributed by atoms with Gasteiger partial charge >= 0.3 is 0 Å². The molecular formula is C78H139IO15SSi5. The predicted octanol–water partition coefficient (Wildman–Crippen LogP) is 19.5. The highest BCUT2D eigenvalue weighted by Gasteiger charge is 2.59. The monoisotopic (exact) mass is 1610 g/mol. The fourth-order valence-corrected chi connectivity index (χ4v) is 22.3. The molecule has 6 heterocycles. The second-order valence-electron chi connectivity index (χ2n) is 38.0. The van der Waals surface area contributed by atoms with Crippen LogP contribution in [0, 0.1) is 5.92 Å². The minimum absolute atomic E-state index is 0.0458. The Morgan fingerprint density at radius 1 is 0.620 bits per heavy atom. The molecule has 6 fully saturated rings. The number of aryl methyl sites for hydroxylation is 1. The zero-order valence-electron chi connectivity index (χ0n) is 67.1. The van der Waals surface area contributed by atoms with Gasteiger partial charge in [0, 0.05) is 31.6 Å². The van der Waals surface area contributed by atoms with E-state index in [0.717, 1.165) is 68.1 Å². The molecule has 6 saturated heterocycles. The first-order valence-electron chi connectivity index (χ1n) is 38.2. The number of rotatable bonds is 30. The van der Waals surface area contributed by atoms with Gasteiger partial charge in [-0.1, -0.05) is 159 Å². The molecule has 1 aromatic rings. The molecular weight excluding hydrogens is 1480 g/mol. The molecule has 0 saturated carbocycles. The number of benzene rings is 1. The van der Waals surface area contributed by atoms with Crippen molar-refractivity contribution in [3.05, 3.63) is 64.3 Å². The Balaban J connectivity index is 1.28. The molecule has 6 aliphatic rings. The minimum atomic E-state index is -4.41. The maximum Gasteiger partial charge on any atom is 0.193 e. The van der Waals surface area contributed by atoms with E-state index in [2.05, 4.69) is 218 Å². The molecule has 574 valence electrons. The number of Topliss-reactive ketones (excluding diaryl/α,β-unsaturated/α-hetero) is 1. The van der Waals surface area contributed by atoms with Crippen LogP contribution in [0.5, 0.6) is 0 Å². The Labute approximate surface area is 627 Å². The van der Waals surface area contributed by atoms with Gasteiger partial charge in [-0.3, -0.25) is 4.79 Å². The van der Waals surface area contributed by atoms with Crippen molar-refractivity contribution in [3.63, 3.8) is 0 Å². The number of ketones is 1. The summed E-state index contributed by atoms with van der Waals surface area (Å²) in [6, 6.07) is 7.13. The predicted molar refractivity (Wildman–Crippen MR) is 427 cm³/mol.